The second-order valence-electron chi connectivity index (χ2n) is 49.5. The molecule has 12 heteroatoms. The summed E-state index contributed by atoms with van der Waals surface area (Å²) in [5.41, 5.74) is 32.0. The van der Waals surface area contributed by atoms with Gasteiger partial charge in [-0.25, -0.2) is 19.9 Å². The molecule has 0 aliphatic rings. The van der Waals surface area contributed by atoms with Crippen LogP contribution in [-0.4, -0.2) is 38.2 Å². The molecule has 0 radical (unpaired) electrons. The molecule has 12 nitrogen and oxygen atoms in total. The van der Waals surface area contributed by atoms with Crippen LogP contribution in [-0.2, 0) is 49.7 Å². The topological polar surface area (TPSA) is 145 Å². The molecule has 24 aromatic rings. The third-order valence-corrected chi connectivity index (χ3v) is 31.6. The van der Waals surface area contributed by atoms with E-state index in [1.807, 2.05) is 54.6 Å². The first-order chi connectivity index (χ1) is 71.4. The number of hydrogen-bond donors (Lipinski definition) is 0. The number of nitrogens with zero attached hydrogens (tertiary/aromatic N) is 10. The van der Waals surface area contributed by atoms with Gasteiger partial charge in [-0.1, -0.05) is 347 Å². The number of benzene rings is 16. The second kappa shape index (κ2) is 34.3. The molecule has 0 atom stereocenters. The van der Waals surface area contributed by atoms with Crippen LogP contribution in [0.25, 0.3) is 222 Å². The van der Waals surface area contributed by atoms with Crippen molar-refractivity contribution in [3.8, 4) is 103 Å². The van der Waals surface area contributed by atoms with Crippen molar-refractivity contribution in [1.29, 1.82) is 10.5 Å². The monoisotopic (exact) mass is 1950 g/mol. The molecule has 8 heterocycles. The van der Waals surface area contributed by atoms with E-state index in [1.165, 1.54) is 44.5 Å². The number of rotatable bonds is 13. The molecule has 0 unspecified atom stereocenters. The zero-order chi connectivity index (χ0) is 105. The van der Waals surface area contributed by atoms with Crippen LogP contribution in [0.3, 0.4) is 0 Å². The highest BCUT2D eigenvalue weighted by Crippen LogP contribution is 2.53. The Balaban J connectivity index is 0.660. The molecule has 0 bridgehead atoms. The van der Waals surface area contributed by atoms with Gasteiger partial charge in [-0.3, -0.25) is 0 Å². The molecular formula is C138H124N10O2. The third kappa shape index (κ3) is 16.0. The molecule has 16 aromatic carbocycles. The van der Waals surface area contributed by atoms with Crippen LogP contribution in [0.4, 0.5) is 0 Å². The van der Waals surface area contributed by atoms with E-state index in [0.29, 0.717) is 62.9 Å². The molecule has 0 N–H and O–H groups in total. The fourth-order valence-corrected chi connectivity index (χ4v) is 23.0. The van der Waals surface area contributed by atoms with Gasteiger partial charge in [0, 0.05) is 93.3 Å². The van der Waals surface area contributed by atoms with Crippen molar-refractivity contribution in [2.24, 2.45) is 0 Å². The van der Waals surface area contributed by atoms with Gasteiger partial charge in [0.05, 0.1) is 106 Å². The highest BCUT2D eigenvalue weighted by atomic mass is 16.3. The summed E-state index contributed by atoms with van der Waals surface area (Å²) in [6, 6.07) is 122. The van der Waals surface area contributed by atoms with Gasteiger partial charge in [0.2, 0.25) is 0 Å². The highest BCUT2D eigenvalue weighted by Gasteiger charge is 2.36. The maximum atomic E-state index is 12.6. The van der Waals surface area contributed by atoms with Gasteiger partial charge in [-0.2, -0.15) is 10.5 Å². The Morgan fingerprint density at radius 1 is 0.247 bits per heavy atom. The summed E-state index contributed by atoms with van der Waals surface area (Å²) >= 11 is 0. The van der Waals surface area contributed by atoms with Gasteiger partial charge >= 0.3 is 0 Å². The predicted molar refractivity (Wildman–Crippen MR) is 626 cm³/mol. The Hall–Kier alpha value is -16.5. The van der Waals surface area contributed by atoms with Crippen LogP contribution < -0.4 is 0 Å². The Morgan fingerprint density at radius 3 is 0.920 bits per heavy atom. The molecule has 0 saturated carbocycles. The summed E-state index contributed by atoms with van der Waals surface area (Å²) in [6.45, 7) is 52.5. The van der Waals surface area contributed by atoms with Crippen LogP contribution in [0.1, 0.15) is 220 Å². The van der Waals surface area contributed by atoms with E-state index < -0.39 is 5.41 Å². The van der Waals surface area contributed by atoms with Crippen molar-refractivity contribution in [3.05, 3.63) is 383 Å². The van der Waals surface area contributed by atoms with E-state index in [2.05, 4.69) is 457 Å². The number of furan rings is 2. The second-order valence-corrected chi connectivity index (χ2v) is 49.5. The zero-order valence-corrected chi connectivity index (χ0v) is 90.1. The molecule has 738 valence electrons. The maximum Gasteiger partial charge on any atom is 0.161 e. The lowest BCUT2D eigenvalue weighted by molar-refractivity contribution is 0.523. The van der Waals surface area contributed by atoms with Gasteiger partial charge in [0.25, 0.3) is 0 Å². The van der Waals surface area contributed by atoms with Gasteiger partial charge in [0.1, 0.15) is 34.5 Å². The van der Waals surface area contributed by atoms with Crippen LogP contribution in [0.15, 0.2) is 330 Å². The smallest absolute Gasteiger partial charge is 0.161 e. The molecule has 8 aromatic heterocycles. The minimum Gasteiger partial charge on any atom is -0.455 e. The molecule has 0 aliphatic heterocycles. The minimum atomic E-state index is -0.416. The third-order valence-electron chi connectivity index (χ3n) is 31.6. The van der Waals surface area contributed by atoms with E-state index in [1.54, 1.807) is 0 Å². The Bertz CT molecular complexity index is 9580. The summed E-state index contributed by atoms with van der Waals surface area (Å²) < 4.78 is 25.0. The lowest BCUT2D eigenvalue weighted by atomic mass is 9.78. The van der Waals surface area contributed by atoms with Gasteiger partial charge in [-0.15, -0.1) is 0 Å². The van der Waals surface area contributed by atoms with Crippen molar-refractivity contribution < 1.29 is 8.83 Å². The van der Waals surface area contributed by atoms with Crippen LogP contribution in [0.5, 0.6) is 0 Å². The molecule has 0 saturated heterocycles. The molecular weight excluding hydrogens is 1830 g/mol. The van der Waals surface area contributed by atoms with E-state index in [-0.39, 0.29) is 37.9 Å². The van der Waals surface area contributed by atoms with Crippen molar-refractivity contribution in [2.45, 2.75) is 209 Å². The summed E-state index contributed by atoms with van der Waals surface area (Å²) in [7, 11) is 0. The molecule has 0 amide bonds. The SMILES string of the molecule is CC(C)(C)c1ccc2c(c1)c1cc(C(C)(C)C)ccc1n2-c1cc2oc3c(-c4cc(-c5ccc(CC(C)(C)c6ccc7c(c6)c6cc(C(C)(C)C)ccc6n7-c6cc(C#N)c(-n7c8ccc(C(C)(C)C)cc8c8cc(C(C)(C)C)ccc87)c7c6oc6c(-c8cc(-c9ccccc9)nc(-c9ccccc9)n8)cccc67)cc5)nc(-c5ccccc5)n4)cccc3c2c(-n2c3ccc(C(C)(C)C)cc3c3cc(C(C)(C)C)ccc32)c1C#N. The summed E-state index contributed by atoms with van der Waals surface area (Å²) in [4.78, 5) is 21.8. The Labute approximate surface area is 877 Å². The zero-order valence-electron chi connectivity index (χ0n) is 90.1. The van der Waals surface area contributed by atoms with E-state index in [9.17, 15) is 10.5 Å². The molecule has 0 fully saturated rings. The number of fused-ring (bicyclic) bond motifs is 18. The maximum absolute atomic E-state index is 12.6. The summed E-state index contributed by atoms with van der Waals surface area (Å²) in [5.74, 6) is 1.17. The summed E-state index contributed by atoms with van der Waals surface area (Å²) in [6.07, 6.45) is 0.705. The quantitative estimate of drug-likeness (QED) is 0.111. The standard InChI is InChI=1S/C138H124N10O2/c1-131(2,3)86-49-57-111-98(66-86)99-67-87(132(4,5)6)50-58-112(99)145(111)119-76-121-122(125(106(119)79-140)148-117-62-54-91(136(16,17)18)71-103(117)104-72-92(137(19,20)21)55-63-118(104)148)96-43-33-41-94(126(96)149-121)109-75-108(142-130(143-109)84-39-31-26-32-40-84)82-47-45-80(46-48-82)77-138(22,23)93-56-64-114-105(73-93)100-68-88(133(7,8)9)51-59-113(100)146(114)120-65-85(78-139)124(147-115-60-52-89(134(10,11)12)69-101(115)102-70-90(135(13,14)15)53-61-116(102)147)123-97-44-34-42-95(127(97)150-128(120)123)110-74-107(81-35-27-24-28-36-81)141-129(144-110)83-37-29-25-30-38-83/h24-76H,77H2,1-23H3. The first kappa shape index (κ1) is 95.7. The molecule has 24 rings (SSSR count). The molecule has 0 aliphatic carbocycles. The average Bonchev–Trinajstić information content (AvgIpc) is 1.54. The highest BCUT2D eigenvalue weighted by molar-refractivity contribution is 6.23. The fraction of sp³-hybridized carbons (Fsp3) is 0.232. The fourth-order valence-electron chi connectivity index (χ4n) is 23.0. The van der Waals surface area contributed by atoms with Crippen LogP contribution >= 0.6 is 0 Å². The van der Waals surface area contributed by atoms with Crippen molar-refractivity contribution in [1.82, 2.24) is 38.2 Å². The number of para-hydroxylation sites is 2. The largest absolute Gasteiger partial charge is 0.455 e. The van der Waals surface area contributed by atoms with Gasteiger partial charge in [0.15, 0.2) is 17.2 Å². The van der Waals surface area contributed by atoms with Crippen molar-refractivity contribution >= 4 is 131 Å². The number of nitriles is 2. The van der Waals surface area contributed by atoms with E-state index >= 15 is 0 Å². The normalized spacial score (nSPS) is 12.9. The van der Waals surface area contributed by atoms with E-state index in [0.717, 1.165) is 182 Å². The van der Waals surface area contributed by atoms with Crippen LogP contribution in [0, 0.1) is 22.7 Å². The number of aromatic nitrogens is 8. The first-order valence-corrected chi connectivity index (χ1v) is 52.7. The molecule has 0 spiro atoms. The van der Waals surface area contributed by atoms with Crippen molar-refractivity contribution in [3.63, 3.8) is 0 Å². The van der Waals surface area contributed by atoms with Crippen molar-refractivity contribution in [2.75, 3.05) is 0 Å². The Morgan fingerprint density at radius 2 is 0.560 bits per heavy atom. The predicted octanol–water partition coefficient (Wildman–Crippen LogP) is 36.8. The number of hydrogen-bond acceptors (Lipinski definition) is 8. The van der Waals surface area contributed by atoms with Crippen LogP contribution in [0.2, 0.25) is 0 Å². The minimum absolute atomic E-state index is 0.135. The average molecular weight is 1950 g/mol. The summed E-state index contributed by atoms with van der Waals surface area (Å²) in [5, 5.41) is 37.2. The molecule has 150 heavy (non-hydrogen) atoms. The Kier molecular flexibility index (Phi) is 21.9. The lowest BCUT2D eigenvalue weighted by Gasteiger charge is -2.26. The van der Waals surface area contributed by atoms with Gasteiger partial charge < -0.3 is 27.1 Å². The van der Waals surface area contributed by atoms with Gasteiger partial charge in [-0.05, 0) is 227 Å². The first-order valence-electron chi connectivity index (χ1n) is 52.7. The van der Waals surface area contributed by atoms with E-state index in [4.69, 9.17) is 28.8 Å². The lowest BCUT2D eigenvalue weighted by Crippen LogP contribution is -2.20.